The normalized spacial score (nSPS) is 11.4. The Morgan fingerprint density at radius 2 is 1.93 bits per heavy atom. The molecule has 2 aromatic heterocycles. The largest absolute Gasteiger partial charge is 0.353 e. The molecule has 4 N–H and O–H groups in total. The number of H-pyrrole nitrogens is 2. The van der Waals surface area contributed by atoms with Crippen LogP contribution in [0, 0.1) is 0 Å². The maximum Gasteiger partial charge on any atom is 0.254 e. The Hall–Kier alpha value is -2.28. The van der Waals surface area contributed by atoms with Gasteiger partial charge in [0.15, 0.2) is 0 Å². The van der Waals surface area contributed by atoms with E-state index in [9.17, 15) is 4.79 Å². The third-order valence-corrected chi connectivity index (χ3v) is 5.41. The van der Waals surface area contributed by atoms with E-state index in [1.165, 1.54) is 0 Å². The lowest BCUT2D eigenvalue weighted by Gasteiger charge is -2.07. The monoisotopic (exact) mass is 458 g/mol. The first-order valence-electron chi connectivity index (χ1n) is 9.15. The van der Waals surface area contributed by atoms with Crippen molar-refractivity contribution in [3.8, 4) is 11.4 Å². The number of aromatic amines is 2. The number of hydrogen-bond acceptors (Lipinski definition) is 2. The second-order valence-electron chi connectivity index (χ2n) is 6.59. The highest BCUT2D eigenvalue weighted by atomic mass is 79.9. The standard InChI is InChI=1S/C21H20BrClN4O/c1-2-24-7-8-25-21(28)19-15-5-3-13(22)11-17(15)27-20(19)18-10-12-9-14(23)4-6-16(12)26-18/h3-6,9-11,24,26-27H,2,7-8H2,1H3,(H,25,28). The summed E-state index contributed by atoms with van der Waals surface area (Å²) in [6.07, 6.45) is 0. The van der Waals surface area contributed by atoms with E-state index < -0.39 is 0 Å². The number of benzene rings is 2. The van der Waals surface area contributed by atoms with E-state index in [2.05, 4.69) is 36.5 Å². The van der Waals surface area contributed by atoms with Crippen molar-refractivity contribution in [3.05, 3.63) is 57.5 Å². The molecule has 4 aromatic rings. The molecular formula is C21H20BrClN4O. The zero-order valence-corrected chi connectivity index (χ0v) is 17.7. The molecule has 0 unspecified atom stereocenters. The number of fused-ring (bicyclic) bond motifs is 2. The van der Waals surface area contributed by atoms with Crippen LogP contribution >= 0.6 is 27.5 Å². The molecule has 0 atom stereocenters. The highest BCUT2D eigenvalue weighted by Crippen LogP contribution is 2.33. The van der Waals surface area contributed by atoms with E-state index in [-0.39, 0.29) is 5.91 Å². The molecule has 0 fully saturated rings. The third kappa shape index (κ3) is 3.68. The summed E-state index contributed by atoms with van der Waals surface area (Å²) in [6.45, 7) is 4.22. The zero-order chi connectivity index (χ0) is 19.7. The molecule has 0 aliphatic heterocycles. The Bertz CT molecular complexity index is 1160. The minimum atomic E-state index is -0.0989. The second kappa shape index (κ2) is 7.99. The van der Waals surface area contributed by atoms with Crippen molar-refractivity contribution in [2.45, 2.75) is 6.92 Å². The van der Waals surface area contributed by atoms with E-state index in [1.807, 2.05) is 49.4 Å². The molecule has 4 rings (SSSR count). The van der Waals surface area contributed by atoms with Gasteiger partial charge in [-0.05, 0) is 42.9 Å². The molecule has 0 aliphatic rings. The predicted octanol–water partition coefficient (Wildman–Crippen LogP) is 5.07. The van der Waals surface area contributed by atoms with E-state index in [0.29, 0.717) is 17.1 Å². The second-order valence-corrected chi connectivity index (χ2v) is 7.94. The topological polar surface area (TPSA) is 72.7 Å². The summed E-state index contributed by atoms with van der Waals surface area (Å²) in [7, 11) is 0. The first-order chi connectivity index (χ1) is 13.6. The summed E-state index contributed by atoms with van der Waals surface area (Å²) in [5.41, 5.74) is 4.12. The van der Waals surface area contributed by atoms with Gasteiger partial charge < -0.3 is 20.6 Å². The summed E-state index contributed by atoms with van der Waals surface area (Å²) in [4.78, 5) is 19.8. The van der Waals surface area contributed by atoms with Crippen LogP contribution in [0.2, 0.25) is 5.02 Å². The lowest BCUT2D eigenvalue weighted by molar-refractivity contribution is 0.0956. The van der Waals surface area contributed by atoms with Crippen molar-refractivity contribution in [3.63, 3.8) is 0 Å². The Morgan fingerprint density at radius 3 is 2.75 bits per heavy atom. The molecule has 7 heteroatoms. The van der Waals surface area contributed by atoms with Crippen molar-refractivity contribution in [1.29, 1.82) is 0 Å². The van der Waals surface area contributed by atoms with E-state index in [1.54, 1.807) is 0 Å². The molecular weight excluding hydrogens is 440 g/mol. The number of likely N-dealkylation sites (N-methyl/N-ethyl adjacent to an activating group) is 1. The zero-order valence-electron chi connectivity index (χ0n) is 15.3. The molecule has 2 aromatic carbocycles. The number of carbonyl (C=O) groups excluding carboxylic acids is 1. The lowest BCUT2D eigenvalue weighted by atomic mass is 10.1. The van der Waals surface area contributed by atoms with Crippen LogP contribution in [0.4, 0.5) is 0 Å². The summed E-state index contributed by atoms with van der Waals surface area (Å²) >= 11 is 9.63. The van der Waals surface area contributed by atoms with Crippen molar-refractivity contribution in [1.82, 2.24) is 20.6 Å². The highest BCUT2D eigenvalue weighted by molar-refractivity contribution is 9.10. The van der Waals surface area contributed by atoms with E-state index in [0.717, 1.165) is 50.8 Å². The molecule has 28 heavy (non-hydrogen) atoms. The lowest BCUT2D eigenvalue weighted by Crippen LogP contribution is -2.31. The van der Waals surface area contributed by atoms with Crippen LogP contribution in [0.15, 0.2) is 46.9 Å². The van der Waals surface area contributed by atoms with Crippen molar-refractivity contribution in [2.75, 3.05) is 19.6 Å². The smallest absolute Gasteiger partial charge is 0.254 e. The van der Waals surface area contributed by atoms with Crippen LogP contribution in [0.5, 0.6) is 0 Å². The van der Waals surface area contributed by atoms with Crippen LogP contribution in [-0.2, 0) is 0 Å². The minimum absolute atomic E-state index is 0.0989. The number of aromatic nitrogens is 2. The fourth-order valence-corrected chi connectivity index (χ4v) is 3.92. The molecule has 0 spiro atoms. The SMILES string of the molecule is CCNCCNC(=O)c1c(-c2cc3cc(Cl)ccc3[nH]2)[nH]c2cc(Br)ccc12. The van der Waals surface area contributed by atoms with Crippen LogP contribution in [0.25, 0.3) is 33.2 Å². The van der Waals surface area contributed by atoms with Gasteiger partial charge in [-0.1, -0.05) is 40.5 Å². The fourth-order valence-electron chi connectivity index (χ4n) is 3.38. The van der Waals surface area contributed by atoms with Crippen molar-refractivity contribution < 1.29 is 4.79 Å². The maximum atomic E-state index is 13.0. The number of carbonyl (C=O) groups is 1. The van der Waals surface area contributed by atoms with Gasteiger partial charge in [0.2, 0.25) is 0 Å². The summed E-state index contributed by atoms with van der Waals surface area (Å²) in [5, 5.41) is 8.79. The number of hydrogen-bond donors (Lipinski definition) is 4. The van der Waals surface area contributed by atoms with Gasteiger partial charge in [0.1, 0.15) is 0 Å². The van der Waals surface area contributed by atoms with Gasteiger partial charge in [0.25, 0.3) is 5.91 Å². The van der Waals surface area contributed by atoms with Gasteiger partial charge in [0, 0.05) is 44.4 Å². The Morgan fingerprint density at radius 1 is 1.07 bits per heavy atom. The number of amides is 1. The van der Waals surface area contributed by atoms with Gasteiger partial charge in [-0.3, -0.25) is 4.79 Å². The van der Waals surface area contributed by atoms with Crippen LogP contribution in [-0.4, -0.2) is 35.5 Å². The summed E-state index contributed by atoms with van der Waals surface area (Å²) in [5.74, 6) is -0.0989. The van der Waals surface area contributed by atoms with Crippen molar-refractivity contribution >= 4 is 55.2 Å². The number of rotatable bonds is 6. The Kier molecular flexibility index (Phi) is 5.44. The van der Waals surface area contributed by atoms with Gasteiger partial charge in [-0.15, -0.1) is 0 Å². The van der Waals surface area contributed by atoms with E-state index >= 15 is 0 Å². The molecule has 144 valence electrons. The molecule has 2 heterocycles. The molecule has 0 saturated carbocycles. The van der Waals surface area contributed by atoms with Gasteiger partial charge in [0.05, 0.1) is 17.0 Å². The average Bonchev–Trinajstić information content (AvgIpc) is 3.25. The molecule has 0 aliphatic carbocycles. The van der Waals surface area contributed by atoms with Crippen molar-refractivity contribution in [2.24, 2.45) is 0 Å². The molecule has 0 bridgehead atoms. The molecule has 0 saturated heterocycles. The van der Waals surface area contributed by atoms with Gasteiger partial charge in [-0.25, -0.2) is 0 Å². The first-order valence-corrected chi connectivity index (χ1v) is 10.3. The highest BCUT2D eigenvalue weighted by Gasteiger charge is 2.21. The van der Waals surface area contributed by atoms with E-state index in [4.69, 9.17) is 11.6 Å². The number of halogens is 2. The quantitative estimate of drug-likeness (QED) is 0.304. The van der Waals surface area contributed by atoms with Crippen LogP contribution < -0.4 is 10.6 Å². The van der Waals surface area contributed by atoms with Gasteiger partial charge in [-0.2, -0.15) is 0 Å². The Labute approximate surface area is 176 Å². The molecule has 1 amide bonds. The summed E-state index contributed by atoms with van der Waals surface area (Å²) < 4.78 is 0.954. The third-order valence-electron chi connectivity index (χ3n) is 4.68. The first kappa shape index (κ1) is 19.1. The maximum absolute atomic E-state index is 13.0. The molecule has 5 nitrogen and oxygen atoms in total. The average molecular weight is 460 g/mol. The summed E-state index contributed by atoms with van der Waals surface area (Å²) in [6, 6.07) is 13.6. The molecule has 0 radical (unpaired) electrons. The van der Waals surface area contributed by atoms with Crippen LogP contribution in [0.3, 0.4) is 0 Å². The number of nitrogens with one attached hydrogen (secondary N) is 4. The predicted molar refractivity (Wildman–Crippen MR) is 119 cm³/mol. The van der Waals surface area contributed by atoms with Crippen LogP contribution in [0.1, 0.15) is 17.3 Å². The fraction of sp³-hybridized carbons (Fsp3) is 0.190. The minimum Gasteiger partial charge on any atom is -0.353 e. The van der Waals surface area contributed by atoms with Gasteiger partial charge >= 0.3 is 0 Å². The Balaban J connectivity index is 1.80.